The average molecular weight is 359 g/mol. The number of hydrogen-bond donors (Lipinski definition) is 2. The Bertz CT molecular complexity index is 638. The van der Waals surface area contributed by atoms with Crippen molar-refractivity contribution in [3.8, 4) is 0 Å². The maximum absolute atomic E-state index is 12.3. The first-order valence-corrected chi connectivity index (χ1v) is 8.61. The van der Waals surface area contributed by atoms with Gasteiger partial charge in [0.25, 0.3) is 5.91 Å². The van der Waals surface area contributed by atoms with Gasteiger partial charge >= 0.3 is 0 Å². The van der Waals surface area contributed by atoms with Gasteiger partial charge in [0.05, 0.1) is 5.02 Å². The lowest BCUT2D eigenvalue weighted by Crippen LogP contribution is -2.33. The van der Waals surface area contributed by atoms with Crippen LogP contribution in [0.3, 0.4) is 0 Å². The zero-order valence-electron chi connectivity index (χ0n) is 12.2. The van der Waals surface area contributed by atoms with Gasteiger partial charge in [-0.2, -0.15) is 0 Å². The van der Waals surface area contributed by atoms with E-state index in [4.69, 9.17) is 11.6 Å². The van der Waals surface area contributed by atoms with E-state index in [0.29, 0.717) is 15.8 Å². The molecule has 1 aliphatic heterocycles. The Morgan fingerprint density at radius 1 is 1.41 bits per heavy atom. The Labute approximate surface area is 145 Å². The summed E-state index contributed by atoms with van der Waals surface area (Å²) in [5.74, 6) is 0.627. The molecule has 1 aliphatic rings. The largest absolute Gasteiger partial charge is 0.351 e. The van der Waals surface area contributed by atoms with E-state index >= 15 is 0 Å². The molecule has 2 aromatic rings. The van der Waals surface area contributed by atoms with Crippen molar-refractivity contribution in [2.45, 2.75) is 19.3 Å². The minimum atomic E-state index is -0.0510. The summed E-state index contributed by atoms with van der Waals surface area (Å²) in [5.41, 5.74) is 0. The van der Waals surface area contributed by atoms with E-state index in [9.17, 15) is 4.79 Å². The number of hydrogen-bond acceptors (Lipinski definition) is 3. The first-order chi connectivity index (χ1) is 10.3. The Hall–Kier alpha value is -0.810. The molecule has 1 atom stereocenters. The quantitative estimate of drug-likeness (QED) is 0.863. The highest BCUT2D eigenvalue weighted by Crippen LogP contribution is 2.34. The Morgan fingerprint density at radius 2 is 2.23 bits per heavy atom. The number of thiophene rings is 1. The molecule has 0 aliphatic carbocycles. The fraction of sp³-hybridized carbons (Fsp3) is 0.438. The molecule has 120 valence electrons. The van der Waals surface area contributed by atoms with Crippen LogP contribution >= 0.6 is 35.3 Å². The molecule has 6 heteroatoms. The molecule has 1 saturated heterocycles. The molecule has 0 bridgehead atoms. The fourth-order valence-electron chi connectivity index (χ4n) is 2.80. The van der Waals surface area contributed by atoms with Crippen LogP contribution in [-0.2, 0) is 0 Å². The maximum Gasteiger partial charge on any atom is 0.262 e. The molecule has 1 aromatic heterocycles. The second-order valence-electron chi connectivity index (χ2n) is 5.50. The minimum absolute atomic E-state index is 0. The van der Waals surface area contributed by atoms with Crippen LogP contribution in [0, 0.1) is 5.92 Å². The van der Waals surface area contributed by atoms with Crippen molar-refractivity contribution in [2.75, 3.05) is 19.6 Å². The number of halogens is 2. The molecule has 3 rings (SSSR count). The number of amides is 1. The monoisotopic (exact) mass is 358 g/mol. The van der Waals surface area contributed by atoms with Crippen molar-refractivity contribution in [2.24, 2.45) is 5.92 Å². The molecule has 2 N–H and O–H groups in total. The Balaban J connectivity index is 0.00000176. The third kappa shape index (κ3) is 3.93. The first-order valence-electron chi connectivity index (χ1n) is 7.41. The van der Waals surface area contributed by atoms with Crippen LogP contribution in [0.25, 0.3) is 10.1 Å². The number of rotatable bonds is 4. The molecule has 1 aromatic carbocycles. The fourth-order valence-corrected chi connectivity index (χ4v) is 4.23. The van der Waals surface area contributed by atoms with Crippen LogP contribution in [0.1, 0.15) is 28.9 Å². The Kier molecular flexibility index (Phi) is 6.50. The highest BCUT2D eigenvalue weighted by molar-refractivity contribution is 7.21. The number of piperidine rings is 1. The predicted octanol–water partition coefficient (Wildman–Crippen LogP) is 4.10. The van der Waals surface area contributed by atoms with Crippen molar-refractivity contribution < 1.29 is 4.79 Å². The molecule has 3 nitrogen and oxygen atoms in total. The number of carbonyl (C=O) groups is 1. The molecule has 1 unspecified atom stereocenters. The van der Waals surface area contributed by atoms with E-state index in [0.717, 1.165) is 36.1 Å². The van der Waals surface area contributed by atoms with Crippen molar-refractivity contribution >= 4 is 51.3 Å². The second-order valence-corrected chi connectivity index (χ2v) is 6.93. The third-order valence-corrected chi connectivity index (χ3v) is 5.65. The molecule has 0 saturated carbocycles. The van der Waals surface area contributed by atoms with Crippen LogP contribution in [0.5, 0.6) is 0 Å². The Morgan fingerprint density at radius 3 is 2.95 bits per heavy atom. The topological polar surface area (TPSA) is 41.1 Å². The molecule has 2 heterocycles. The predicted molar refractivity (Wildman–Crippen MR) is 96.6 cm³/mol. The highest BCUT2D eigenvalue weighted by Gasteiger charge is 2.17. The number of carbonyl (C=O) groups excluding carboxylic acids is 1. The summed E-state index contributed by atoms with van der Waals surface area (Å²) in [4.78, 5) is 12.9. The summed E-state index contributed by atoms with van der Waals surface area (Å²) in [6, 6.07) is 7.86. The van der Waals surface area contributed by atoms with Crippen LogP contribution in [0.15, 0.2) is 24.3 Å². The van der Waals surface area contributed by atoms with Crippen molar-refractivity contribution in [1.29, 1.82) is 0 Å². The maximum atomic E-state index is 12.3. The lowest BCUT2D eigenvalue weighted by molar-refractivity contribution is 0.0955. The zero-order valence-corrected chi connectivity index (χ0v) is 14.6. The van der Waals surface area contributed by atoms with Gasteiger partial charge in [-0.1, -0.05) is 29.8 Å². The average Bonchev–Trinajstić information content (AvgIpc) is 2.86. The molecule has 0 radical (unpaired) electrons. The van der Waals surface area contributed by atoms with Gasteiger partial charge in [0, 0.05) is 16.6 Å². The van der Waals surface area contributed by atoms with Crippen LogP contribution in [0.2, 0.25) is 5.02 Å². The molecular weight excluding hydrogens is 339 g/mol. The van der Waals surface area contributed by atoms with Crippen LogP contribution < -0.4 is 10.6 Å². The number of nitrogens with one attached hydrogen (secondary N) is 2. The van der Waals surface area contributed by atoms with E-state index in [1.165, 1.54) is 24.2 Å². The number of fused-ring (bicyclic) bond motifs is 1. The van der Waals surface area contributed by atoms with Crippen molar-refractivity contribution in [3.63, 3.8) is 0 Å². The smallest absolute Gasteiger partial charge is 0.262 e. The zero-order chi connectivity index (χ0) is 14.7. The van der Waals surface area contributed by atoms with Crippen molar-refractivity contribution in [3.05, 3.63) is 34.2 Å². The summed E-state index contributed by atoms with van der Waals surface area (Å²) in [7, 11) is 0. The minimum Gasteiger partial charge on any atom is -0.351 e. The molecular formula is C16H20Cl2N2OS. The highest BCUT2D eigenvalue weighted by atomic mass is 35.5. The standard InChI is InChI=1S/C16H19ClN2OS.ClH/c17-14-12-5-1-2-6-13(12)21-15(14)16(20)19-9-7-11-4-3-8-18-10-11;/h1-2,5-6,11,18H,3-4,7-10H2,(H,19,20);1H. The van der Waals surface area contributed by atoms with E-state index in [-0.39, 0.29) is 18.3 Å². The van der Waals surface area contributed by atoms with Crippen molar-refractivity contribution in [1.82, 2.24) is 10.6 Å². The van der Waals surface area contributed by atoms with Gasteiger partial charge in [-0.25, -0.2) is 0 Å². The SMILES string of the molecule is Cl.O=C(NCCC1CCCNC1)c1sc2ccccc2c1Cl. The molecule has 1 fully saturated rings. The summed E-state index contributed by atoms with van der Waals surface area (Å²) in [5, 5.41) is 7.95. The second kappa shape index (κ2) is 8.16. The summed E-state index contributed by atoms with van der Waals surface area (Å²) >= 11 is 7.78. The summed E-state index contributed by atoms with van der Waals surface area (Å²) in [6.45, 7) is 2.91. The van der Waals surface area contributed by atoms with Gasteiger partial charge in [-0.3, -0.25) is 4.79 Å². The molecule has 1 amide bonds. The van der Waals surface area contributed by atoms with Crippen LogP contribution in [0.4, 0.5) is 0 Å². The molecule has 22 heavy (non-hydrogen) atoms. The van der Waals surface area contributed by atoms with Gasteiger partial charge in [0.15, 0.2) is 0 Å². The van der Waals surface area contributed by atoms with Gasteiger partial charge in [-0.05, 0) is 44.3 Å². The molecule has 0 spiro atoms. The first kappa shape index (κ1) is 17.5. The third-order valence-electron chi connectivity index (χ3n) is 3.98. The normalized spacial score (nSPS) is 18.0. The van der Waals surface area contributed by atoms with Gasteiger partial charge < -0.3 is 10.6 Å². The summed E-state index contributed by atoms with van der Waals surface area (Å²) < 4.78 is 1.06. The van der Waals surface area contributed by atoms with E-state index in [2.05, 4.69) is 10.6 Å². The van der Waals surface area contributed by atoms with E-state index < -0.39 is 0 Å². The van der Waals surface area contributed by atoms with E-state index in [1.807, 2.05) is 24.3 Å². The lowest BCUT2D eigenvalue weighted by atomic mass is 9.96. The van der Waals surface area contributed by atoms with Crippen LogP contribution in [-0.4, -0.2) is 25.5 Å². The number of benzene rings is 1. The van der Waals surface area contributed by atoms with Gasteiger partial charge in [0.1, 0.15) is 4.88 Å². The lowest BCUT2D eigenvalue weighted by Gasteiger charge is -2.22. The van der Waals surface area contributed by atoms with Gasteiger partial charge in [0.2, 0.25) is 0 Å². The summed E-state index contributed by atoms with van der Waals surface area (Å²) in [6.07, 6.45) is 3.52. The van der Waals surface area contributed by atoms with Gasteiger partial charge in [-0.15, -0.1) is 23.7 Å². The van der Waals surface area contributed by atoms with E-state index in [1.54, 1.807) is 0 Å².